The van der Waals surface area contributed by atoms with E-state index in [1.165, 1.54) is 0 Å². The molecule has 1 aliphatic rings. The standard InChI is InChI=1S/C28H37N5O7/c1-7-8-14-20(22(34)24(35)29-16(2)19-12-10-9-11-13-19)30-27(38)39-23-25(36)33(15-28(23,5)6)26(37)31-21-17(3)32-40-18(21)4/h9-13,16,20,23H,7-8,14-15H2,1-6H3,(H,29,35)(H,30,38)(H,31,37)/t16-,20+,23-/m1/s1. The molecule has 0 spiro atoms. The van der Waals surface area contributed by atoms with Crippen LogP contribution in [0.25, 0.3) is 0 Å². The average molecular weight is 556 g/mol. The minimum absolute atomic E-state index is 0.0169. The number of alkyl carbamates (subject to hydrolysis) is 1. The molecule has 40 heavy (non-hydrogen) atoms. The summed E-state index contributed by atoms with van der Waals surface area (Å²) in [4.78, 5) is 65.6. The van der Waals surface area contributed by atoms with Crippen molar-refractivity contribution in [3.05, 3.63) is 47.3 Å². The molecule has 1 fully saturated rings. The zero-order valence-electron chi connectivity index (χ0n) is 23.7. The molecule has 0 bridgehead atoms. The van der Waals surface area contributed by atoms with Gasteiger partial charge in [0.2, 0.25) is 5.78 Å². The first-order valence-electron chi connectivity index (χ1n) is 13.3. The zero-order chi connectivity index (χ0) is 29.6. The third-order valence-corrected chi connectivity index (χ3v) is 6.83. The van der Waals surface area contributed by atoms with Gasteiger partial charge in [0.1, 0.15) is 17.4 Å². The second kappa shape index (κ2) is 12.8. The van der Waals surface area contributed by atoms with Gasteiger partial charge in [-0.3, -0.25) is 19.3 Å². The highest BCUT2D eigenvalue weighted by atomic mass is 16.6. The molecule has 12 heteroatoms. The third-order valence-electron chi connectivity index (χ3n) is 6.83. The van der Waals surface area contributed by atoms with E-state index in [4.69, 9.17) is 9.26 Å². The Bertz CT molecular complexity index is 1240. The number of unbranched alkanes of at least 4 members (excludes halogenated alkanes) is 1. The van der Waals surface area contributed by atoms with E-state index < -0.39 is 53.3 Å². The number of nitrogens with one attached hydrogen (secondary N) is 3. The summed E-state index contributed by atoms with van der Waals surface area (Å²) in [6.07, 6.45) is -0.811. The smallest absolute Gasteiger partial charge is 0.408 e. The van der Waals surface area contributed by atoms with Crippen LogP contribution < -0.4 is 16.0 Å². The minimum Gasteiger partial charge on any atom is -0.435 e. The zero-order valence-corrected chi connectivity index (χ0v) is 23.7. The maximum atomic E-state index is 13.1. The van der Waals surface area contributed by atoms with Gasteiger partial charge in [-0.05, 0) is 32.8 Å². The topological polar surface area (TPSA) is 160 Å². The molecule has 3 N–H and O–H groups in total. The number of likely N-dealkylation sites (tertiary alicyclic amines) is 1. The van der Waals surface area contributed by atoms with Gasteiger partial charge in [-0.2, -0.15) is 0 Å². The molecular formula is C28H37N5O7. The normalized spacial score (nSPS) is 17.6. The van der Waals surface area contributed by atoms with E-state index in [1.807, 2.05) is 37.3 Å². The van der Waals surface area contributed by atoms with Crippen molar-refractivity contribution >= 4 is 35.4 Å². The fourth-order valence-electron chi connectivity index (χ4n) is 4.47. The number of hydrogen-bond acceptors (Lipinski definition) is 8. The lowest BCUT2D eigenvalue weighted by Crippen LogP contribution is -2.49. The van der Waals surface area contributed by atoms with E-state index in [0.717, 1.165) is 16.9 Å². The first-order valence-corrected chi connectivity index (χ1v) is 13.3. The number of urea groups is 1. The highest BCUT2D eigenvalue weighted by molar-refractivity contribution is 6.38. The van der Waals surface area contributed by atoms with Gasteiger partial charge in [0.25, 0.3) is 11.8 Å². The van der Waals surface area contributed by atoms with Gasteiger partial charge >= 0.3 is 12.1 Å². The molecule has 0 aliphatic carbocycles. The van der Waals surface area contributed by atoms with Crippen LogP contribution in [0.5, 0.6) is 0 Å². The number of ketones is 1. The lowest BCUT2D eigenvalue weighted by molar-refractivity contribution is -0.139. The summed E-state index contributed by atoms with van der Waals surface area (Å²) < 4.78 is 10.5. The van der Waals surface area contributed by atoms with Gasteiger partial charge in [0.15, 0.2) is 11.9 Å². The number of imide groups is 1. The molecule has 216 valence electrons. The second-order valence-corrected chi connectivity index (χ2v) is 10.6. The number of Topliss-reactive ketones (excluding diaryl/α,β-unsaturated/α-hetero) is 1. The van der Waals surface area contributed by atoms with Crippen molar-refractivity contribution in [3.8, 4) is 0 Å². The van der Waals surface area contributed by atoms with E-state index >= 15 is 0 Å². The van der Waals surface area contributed by atoms with Crippen LogP contribution in [-0.4, -0.2) is 58.5 Å². The third kappa shape index (κ3) is 7.04. The average Bonchev–Trinajstić information content (AvgIpc) is 3.35. The molecule has 3 rings (SSSR count). The lowest BCUT2D eigenvalue weighted by atomic mass is 9.90. The van der Waals surface area contributed by atoms with Crippen molar-refractivity contribution in [1.29, 1.82) is 0 Å². The summed E-state index contributed by atoms with van der Waals surface area (Å²) in [6, 6.07) is 6.89. The van der Waals surface area contributed by atoms with Crippen molar-refractivity contribution in [1.82, 2.24) is 20.7 Å². The van der Waals surface area contributed by atoms with Gasteiger partial charge < -0.3 is 25.2 Å². The summed E-state index contributed by atoms with van der Waals surface area (Å²) in [6.45, 7) is 10.3. The lowest BCUT2D eigenvalue weighted by Gasteiger charge is -2.25. The van der Waals surface area contributed by atoms with Crippen molar-refractivity contribution in [2.24, 2.45) is 5.41 Å². The molecule has 1 aliphatic heterocycles. The van der Waals surface area contributed by atoms with Gasteiger partial charge in [0.05, 0.1) is 6.04 Å². The van der Waals surface area contributed by atoms with Crippen molar-refractivity contribution in [2.45, 2.75) is 79.0 Å². The number of nitrogens with zero attached hydrogens (tertiary/aromatic N) is 2. The molecule has 2 heterocycles. The van der Waals surface area contributed by atoms with E-state index in [2.05, 4.69) is 21.1 Å². The number of aromatic nitrogens is 1. The largest absolute Gasteiger partial charge is 0.435 e. The van der Waals surface area contributed by atoms with Gasteiger partial charge in [-0.15, -0.1) is 0 Å². The number of carbonyl (C=O) groups is 5. The predicted octanol–water partition coefficient (Wildman–Crippen LogP) is 3.79. The van der Waals surface area contributed by atoms with Crippen LogP contribution in [0.2, 0.25) is 0 Å². The summed E-state index contributed by atoms with van der Waals surface area (Å²) in [7, 11) is 0. The van der Waals surface area contributed by atoms with E-state index in [-0.39, 0.29) is 13.0 Å². The number of benzene rings is 1. The fourth-order valence-corrected chi connectivity index (χ4v) is 4.47. The Morgan fingerprint density at radius 3 is 2.42 bits per heavy atom. The monoisotopic (exact) mass is 555 g/mol. The van der Waals surface area contributed by atoms with E-state index in [1.54, 1.807) is 34.6 Å². The maximum Gasteiger partial charge on any atom is 0.408 e. The summed E-state index contributed by atoms with van der Waals surface area (Å²) >= 11 is 0. The molecule has 1 aromatic heterocycles. The quantitative estimate of drug-likeness (QED) is 0.373. The van der Waals surface area contributed by atoms with Gasteiger partial charge in [-0.25, -0.2) is 9.59 Å². The Morgan fingerprint density at radius 1 is 1.15 bits per heavy atom. The minimum atomic E-state index is -1.29. The number of ether oxygens (including phenoxy) is 1. The number of hydrogen-bond donors (Lipinski definition) is 3. The molecule has 1 saturated heterocycles. The number of aryl methyl sites for hydroxylation is 2. The molecule has 0 saturated carbocycles. The number of rotatable bonds is 10. The van der Waals surface area contributed by atoms with Gasteiger partial charge in [0, 0.05) is 12.0 Å². The number of amides is 5. The van der Waals surface area contributed by atoms with Crippen molar-refractivity contribution < 1.29 is 33.2 Å². The van der Waals surface area contributed by atoms with Crippen LogP contribution in [0.15, 0.2) is 34.9 Å². The van der Waals surface area contributed by atoms with Crippen molar-refractivity contribution in [3.63, 3.8) is 0 Å². The van der Waals surface area contributed by atoms with Crippen LogP contribution in [0.1, 0.15) is 70.0 Å². The maximum absolute atomic E-state index is 13.1. The first-order chi connectivity index (χ1) is 18.9. The van der Waals surface area contributed by atoms with E-state index in [9.17, 15) is 24.0 Å². The van der Waals surface area contributed by atoms with Crippen LogP contribution in [0, 0.1) is 19.3 Å². The summed E-state index contributed by atoms with van der Waals surface area (Å²) in [5.74, 6) is -1.98. The molecule has 5 amide bonds. The fraction of sp³-hybridized carbons (Fsp3) is 0.500. The SMILES string of the molecule is CCCC[C@H](NC(=O)O[C@@H]1C(=O)N(C(=O)Nc2c(C)noc2C)CC1(C)C)C(=O)C(=O)N[C@H](C)c1ccccc1. The van der Waals surface area contributed by atoms with E-state index in [0.29, 0.717) is 23.6 Å². The van der Waals surface area contributed by atoms with Crippen LogP contribution in [0.4, 0.5) is 15.3 Å². The Morgan fingerprint density at radius 2 is 1.82 bits per heavy atom. The highest BCUT2D eigenvalue weighted by Gasteiger charge is 2.51. The predicted molar refractivity (Wildman–Crippen MR) is 145 cm³/mol. The molecule has 0 unspecified atom stereocenters. The molecule has 12 nitrogen and oxygen atoms in total. The van der Waals surface area contributed by atoms with Crippen LogP contribution >= 0.6 is 0 Å². The summed E-state index contributed by atoms with van der Waals surface area (Å²) in [5, 5.41) is 11.5. The highest BCUT2D eigenvalue weighted by Crippen LogP contribution is 2.34. The summed E-state index contributed by atoms with van der Waals surface area (Å²) in [5.41, 5.74) is 0.713. The Kier molecular flexibility index (Phi) is 9.67. The number of anilines is 1. The number of carbonyl (C=O) groups excluding carboxylic acids is 5. The molecule has 1 aromatic carbocycles. The molecule has 3 atom stereocenters. The van der Waals surface area contributed by atoms with Crippen LogP contribution in [-0.2, 0) is 19.1 Å². The Hall–Kier alpha value is -4.22. The molecular weight excluding hydrogens is 518 g/mol. The van der Waals surface area contributed by atoms with Crippen molar-refractivity contribution in [2.75, 3.05) is 11.9 Å². The first kappa shape index (κ1) is 30.3. The Labute approximate surface area is 233 Å². The Balaban J connectivity index is 1.65. The second-order valence-electron chi connectivity index (χ2n) is 10.6. The van der Waals surface area contributed by atoms with Gasteiger partial charge in [-0.1, -0.05) is 69.1 Å². The molecule has 0 radical (unpaired) electrons. The molecule has 2 aromatic rings. The van der Waals surface area contributed by atoms with Crippen LogP contribution in [0.3, 0.4) is 0 Å².